The number of anilines is 1. The van der Waals surface area contributed by atoms with Crippen LogP contribution in [0, 0.1) is 0 Å². The molecule has 4 heteroatoms. The maximum Gasteiger partial charge on any atom is 0.340 e. The van der Waals surface area contributed by atoms with Crippen molar-refractivity contribution >= 4 is 18.1 Å². The van der Waals surface area contributed by atoms with Gasteiger partial charge in [-0.1, -0.05) is 19.1 Å². The smallest absolute Gasteiger partial charge is 0.340 e. The number of para-hydroxylation sites is 1. The first kappa shape index (κ1) is 11.2. The van der Waals surface area contributed by atoms with Crippen molar-refractivity contribution in [2.75, 3.05) is 11.9 Å². The Bertz CT molecular complexity index is 349. The van der Waals surface area contributed by atoms with E-state index in [1.54, 1.807) is 24.3 Å². The fourth-order valence-corrected chi connectivity index (χ4v) is 1.12. The second kappa shape index (κ2) is 5.80. The molecule has 1 aromatic carbocycles. The molecule has 1 aromatic rings. The Kier molecular flexibility index (Phi) is 4.34. The van der Waals surface area contributed by atoms with E-state index in [2.05, 4.69) is 5.32 Å². The third-order valence-corrected chi connectivity index (χ3v) is 1.80. The van der Waals surface area contributed by atoms with Gasteiger partial charge in [0.1, 0.15) is 0 Å². The van der Waals surface area contributed by atoms with Gasteiger partial charge in [-0.15, -0.1) is 0 Å². The molecule has 0 radical (unpaired) electrons. The molecule has 0 bridgehead atoms. The van der Waals surface area contributed by atoms with Gasteiger partial charge in [0.25, 0.3) is 0 Å². The van der Waals surface area contributed by atoms with Crippen LogP contribution in [-0.2, 0) is 9.53 Å². The molecule has 0 saturated carbocycles. The summed E-state index contributed by atoms with van der Waals surface area (Å²) in [7, 11) is 0. The number of hydrogen-bond acceptors (Lipinski definition) is 3. The van der Waals surface area contributed by atoms with Crippen molar-refractivity contribution in [1.29, 1.82) is 0 Å². The molecule has 1 rings (SSSR count). The van der Waals surface area contributed by atoms with Crippen molar-refractivity contribution in [3.8, 4) is 0 Å². The standard InChI is InChI=1S/C11H13NO3/c1-2-7-15-11(14)9-5-3-4-6-10(9)12-8-13/h3-6,8H,2,7H2,1H3,(H,12,13). The lowest BCUT2D eigenvalue weighted by atomic mass is 10.2. The summed E-state index contributed by atoms with van der Waals surface area (Å²) in [6, 6.07) is 6.72. The van der Waals surface area contributed by atoms with E-state index in [0.717, 1.165) is 6.42 Å². The molecule has 0 unspecified atom stereocenters. The average molecular weight is 207 g/mol. The van der Waals surface area contributed by atoms with E-state index in [4.69, 9.17) is 4.74 Å². The highest BCUT2D eigenvalue weighted by Crippen LogP contribution is 2.15. The molecule has 0 aliphatic rings. The third-order valence-electron chi connectivity index (χ3n) is 1.80. The molecule has 4 nitrogen and oxygen atoms in total. The quantitative estimate of drug-likeness (QED) is 0.592. The van der Waals surface area contributed by atoms with Crippen LogP contribution in [0.25, 0.3) is 0 Å². The van der Waals surface area contributed by atoms with Crippen molar-refractivity contribution in [2.45, 2.75) is 13.3 Å². The SMILES string of the molecule is CCCOC(=O)c1ccccc1NC=O. The zero-order valence-corrected chi connectivity index (χ0v) is 8.53. The van der Waals surface area contributed by atoms with Crippen LogP contribution in [0.3, 0.4) is 0 Å². The Balaban J connectivity index is 2.82. The molecular weight excluding hydrogens is 194 g/mol. The van der Waals surface area contributed by atoms with Gasteiger partial charge in [0.2, 0.25) is 6.41 Å². The molecule has 0 aliphatic heterocycles. The van der Waals surface area contributed by atoms with Gasteiger partial charge in [0, 0.05) is 0 Å². The van der Waals surface area contributed by atoms with E-state index in [0.29, 0.717) is 24.3 Å². The van der Waals surface area contributed by atoms with Gasteiger partial charge in [-0.2, -0.15) is 0 Å². The monoisotopic (exact) mass is 207 g/mol. The summed E-state index contributed by atoms with van der Waals surface area (Å²) in [6.07, 6.45) is 1.31. The Labute approximate surface area is 88.2 Å². The molecule has 1 N–H and O–H groups in total. The molecule has 0 atom stereocenters. The highest BCUT2D eigenvalue weighted by Gasteiger charge is 2.10. The fourth-order valence-electron chi connectivity index (χ4n) is 1.12. The maximum absolute atomic E-state index is 11.5. The molecule has 0 saturated heterocycles. The van der Waals surface area contributed by atoms with Crippen LogP contribution < -0.4 is 5.32 Å². The van der Waals surface area contributed by atoms with Crippen molar-refractivity contribution in [3.63, 3.8) is 0 Å². The number of ether oxygens (including phenoxy) is 1. The lowest BCUT2D eigenvalue weighted by Gasteiger charge is -2.07. The molecule has 1 amide bonds. The average Bonchev–Trinajstić information content (AvgIpc) is 2.27. The Hall–Kier alpha value is -1.84. The number of amides is 1. The molecule has 0 aromatic heterocycles. The van der Waals surface area contributed by atoms with Crippen LogP contribution in [-0.4, -0.2) is 19.0 Å². The van der Waals surface area contributed by atoms with Gasteiger partial charge in [0.05, 0.1) is 17.9 Å². The molecule has 0 spiro atoms. The second-order valence-electron chi connectivity index (χ2n) is 2.94. The maximum atomic E-state index is 11.5. The third kappa shape index (κ3) is 3.09. The molecule has 80 valence electrons. The van der Waals surface area contributed by atoms with Crippen molar-refractivity contribution in [3.05, 3.63) is 29.8 Å². The van der Waals surface area contributed by atoms with E-state index in [1.165, 1.54) is 0 Å². The highest BCUT2D eigenvalue weighted by atomic mass is 16.5. The topological polar surface area (TPSA) is 55.4 Å². The summed E-state index contributed by atoms with van der Waals surface area (Å²) in [5.74, 6) is -0.415. The molecule has 15 heavy (non-hydrogen) atoms. The number of nitrogens with one attached hydrogen (secondary N) is 1. The largest absolute Gasteiger partial charge is 0.462 e. The zero-order chi connectivity index (χ0) is 11.1. The van der Waals surface area contributed by atoms with Crippen molar-refractivity contribution in [1.82, 2.24) is 0 Å². The summed E-state index contributed by atoms with van der Waals surface area (Å²) in [5.41, 5.74) is 0.839. The van der Waals surface area contributed by atoms with Crippen LogP contribution in [0.1, 0.15) is 23.7 Å². The van der Waals surface area contributed by atoms with Crippen LogP contribution in [0.2, 0.25) is 0 Å². The number of benzene rings is 1. The summed E-state index contributed by atoms with van der Waals surface area (Å²) in [5, 5.41) is 2.45. The molecular formula is C11H13NO3. The lowest BCUT2D eigenvalue weighted by molar-refractivity contribution is -0.105. The minimum absolute atomic E-state index is 0.373. The second-order valence-corrected chi connectivity index (χ2v) is 2.94. The lowest BCUT2D eigenvalue weighted by Crippen LogP contribution is -2.09. The Morgan fingerprint density at radius 2 is 2.20 bits per heavy atom. The van der Waals surface area contributed by atoms with Crippen molar-refractivity contribution < 1.29 is 14.3 Å². The predicted octanol–water partition coefficient (Wildman–Crippen LogP) is 1.82. The Morgan fingerprint density at radius 3 is 2.87 bits per heavy atom. The van der Waals surface area contributed by atoms with E-state index in [9.17, 15) is 9.59 Å². The van der Waals surface area contributed by atoms with Gasteiger partial charge in [-0.05, 0) is 18.6 Å². The molecule has 0 fully saturated rings. The fraction of sp³-hybridized carbons (Fsp3) is 0.273. The van der Waals surface area contributed by atoms with Crippen molar-refractivity contribution in [2.24, 2.45) is 0 Å². The summed E-state index contributed by atoms with van der Waals surface area (Å²) in [6.45, 7) is 2.30. The van der Waals surface area contributed by atoms with Gasteiger partial charge >= 0.3 is 5.97 Å². The minimum Gasteiger partial charge on any atom is -0.462 e. The number of carbonyl (C=O) groups excluding carboxylic acids is 2. The first-order valence-corrected chi connectivity index (χ1v) is 4.76. The normalized spacial score (nSPS) is 9.40. The van der Waals surface area contributed by atoms with Gasteiger partial charge in [0.15, 0.2) is 0 Å². The van der Waals surface area contributed by atoms with Crippen LogP contribution in [0.15, 0.2) is 24.3 Å². The van der Waals surface area contributed by atoms with Gasteiger partial charge in [-0.3, -0.25) is 4.79 Å². The summed E-state index contributed by atoms with van der Waals surface area (Å²) < 4.78 is 4.97. The number of rotatable bonds is 5. The first-order valence-electron chi connectivity index (χ1n) is 4.76. The Morgan fingerprint density at radius 1 is 1.47 bits per heavy atom. The molecule has 0 aliphatic carbocycles. The van der Waals surface area contributed by atoms with Gasteiger partial charge < -0.3 is 10.1 Å². The summed E-state index contributed by atoms with van der Waals surface area (Å²) >= 11 is 0. The van der Waals surface area contributed by atoms with E-state index < -0.39 is 5.97 Å². The predicted molar refractivity (Wildman–Crippen MR) is 56.7 cm³/mol. The van der Waals surface area contributed by atoms with Crippen LogP contribution in [0.4, 0.5) is 5.69 Å². The van der Waals surface area contributed by atoms with Gasteiger partial charge in [-0.25, -0.2) is 4.79 Å². The molecule has 0 heterocycles. The van der Waals surface area contributed by atoms with E-state index in [-0.39, 0.29) is 0 Å². The summed E-state index contributed by atoms with van der Waals surface area (Å²) in [4.78, 5) is 21.8. The van der Waals surface area contributed by atoms with E-state index >= 15 is 0 Å². The van der Waals surface area contributed by atoms with Crippen LogP contribution >= 0.6 is 0 Å². The number of carbonyl (C=O) groups is 2. The first-order chi connectivity index (χ1) is 7.29. The minimum atomic E-state index is -0.415. The number of hydrogen-bond donors (Lipinski definition) is 1. The van der Waals surface area contributed by atoms with Crippen LogP contribution in [0.5, 0.6) is 0 Å². The zero-order valence-electron chi connectivity index (χ0n) is 8.53. The highest BCUT2D eigenvalue weighted by molar-refractivity contribution is 5.97. The van der Waals surface area contributed by atoms with E-state index in [1.807, 2.05) is 6.92 Å². The number of esters is 1.